The van der Waals surface area contributed by atoms with Gasteiger partial charge in [0.25, 0.3) is 11.2 Å². The zero-order chi connectivity index (χ0) is 10.1. The molecule has 0 fully saturated rings. The first-order valence-electron chi connectivity index (χ1n) is 3.61. The van der Waals surface area contributed by atoms with Crippen LogP contribution in [0.3, 0.4) is 0 Å². The van der Waals surface area contributed by atoms with E-state index >= 15 is 0 Å². The largest absolute Gasteiger partial charge is 0.333 e. The number of halogens is 3. The topological polar surface area (TPSA) is 38.9 Å². The summed E-state index contributed by atoms with van der Waals surface area (Å²) in [5, 5.41) is 3.44. The molecule has 2 aromatic rings. The van der Waals surface area contributed by atoms with E-state index in [1.807, 2.05) is 0 Å². The molecular formula is C8H3BrClFN2O. The van der Waals surface area contributed by atoms with Gasteiger partial charge in [0, 0.05) is 5.56 Å². The lowest BCUT2D eigenvalue weighted by Crippen LogP contribution is -1.81. The molecule has 1 aromatic heterocycles. The summed E-state index contributed by atoms with van der Waals surface area (Å²) in [6, 6.07) is 4.38. The Bertz CT molecular complexity index is 474. The van der Waals surface area contributed by atoms with E-state index < -0.39 is 0 Å². The lowest BCUT2D eigenvalue weighted by atomic mass is 10.2. The highest BCUT2D eigenvalue weighted by Gasteiger charge is 2.08. The van der Waals surface area contributed by atoms with Crippen molar-refractivity contribution >= 4 is 27.5 Å². The Labute approximate surface area is 92.0 Å². The third-order valence-electron chi connectivity index (χ3n) is 1.57. The van der Waals surface area contributed by atoms with Crippen molar-refractivity contribution < 1.29 is 8.91 Å². The summed E-state index contributed by atoms with van der Waals surface area (Å²) >= 11 is 8.53. The van der Waals surface area contributed by atoms with E-state index in [4.69, 9.17) is 16.1 Å². The first-order chi connectivity index (χ1) is 6.66. The van der Waals surface area contributed by atoms with E-state index in [1.165, 1.54) is 12.1 Å². The highest BCUT2D eigenvalue weighted by Crippen LogP contribution is 2.24. The molecule has 0 bridgehead atoms. The Morgan fingerprint density at radius 3 is 2.79 bits per heavy atom. The van der Waals surface area contributed by atoms with Crippen molar-refractivity contribution in [1.29, 1.82) is 0 Å². The number of benzene rings is 1. The fourth-order valence-electron chi connectivity index (χ4n) is 0.952. The monoisotopic (exact) mass is 276 g/mol. The maximum atomic E-state index is 12.9. The van der Waals surface area contributed by atoms with Gasteiger partial charge in [-0.3, -0.25) is 0 Å². The summed E-state index contributed by atoms with van der Waals surface area (Å²) in [5.41, 5.74) is 0.609. The van der Waals surface area contributed by atoms with Crippen LogP contribution >= 0.6 is 27.5 Å². The van der Waals surface area contributed by atoms with Crippen LogP contribution in [-0.2, 0) is 0 Å². The zero-order valence-electron chi connectivity index (χ0n) is 6.67. The minimum absolute atomic E-state index is 0.0282. The van der Waals surface area contributed by atoms with Gasteiger partial charge in [0.05, 0.1) is 4.47 Å². The lowest BCUT2D eigenvalue weighted by Gasteiger charge is -1.96. The van der Waals surface area contributed by atoms with Gasteiger partial charge in [-0.25, -0.2) is 4.39 Å². The maximum Gasteiger partial charge on any atom is 0.264 e. The van der Waals surface area contributed by atoms with Gasteiger partial charge < -0.3 is 4.52 Å². The van der Waals surface area contributed by atoms with Crippen LogP contribution in [0.15, 0.2) is 27.2 Å². The normalized spacial score (nSPS) is 10.5. The highest BCUT2D eigenvalue weighted by molar-refractivity contribution is 9.10. The second-order valence-electron chi connectivity index (χ2n) is 2.50. The minimum atomic E-state index is -0.348. The summed E-state index contributed by atoms with van der Waals surface area (Å²) < 4.78 is 18.0. The van der Waals surface area contributed by atoms with Gasteiger partial charge in [0.1, 0.15) is 5.82 Å². The van der Waals surface area contributed by atoms with Crippen LogP contribution < -0.4 is 0 Å². The van der Waals surface area contributed by atoms with Gasteiger partial charge in [-0.05, 0) is 50.9 Å². The van der Waals surface area contributed by atoms with E-state index in [-0.39, 0.29) is 17.0 Å². The molecule has 72 valence electrons. The molecule has 0 spiro atoms. The van der Waals surface area contributed by atoms with Gasteiger partial charge in [-0.2, -0.15) is 4.98 Å². The summed E-state index contributed by atoms with van der Waals surface area (Å²) in [6.45, 7) is 0. The van der Waals surface area contributed by atoms with Crippen molar-refractivity contribution in [3.05, 3.63) is 33.8 Å². The van der Waals surface area contributed by atoms with Gasteiger partial charge in [-0.15, -0.1) is 0 Å². The SMILES string of the molecule is Fc1ccc(-c2nc(Cl)no2)cc1Br. The van der Waals surface area contributed by atoms with E-state index in [0.29, 0.717) is 10.0 Å². The number of hydrogen-bond donors (Lipinski definition) is 0. The first kappa shape index (κ1) is 9.61. The first-order valence-corrected chi connectivity index (χ1v) is 4.78. The van der Waals surface area contributed by atoms with Crippen LogP contribution in [-0.4, -0.2) is 10.1 Å². The molecule has 0 aliphatic rings. The number of hydrogen-bond acceptors (Lipinski definition) is 3. The Hall–Kier alpha value is -0.940. The predicted molar refractivity (Wildman–Crippen MR) is 52.4 cm³/mol. The lowest BCUT2D eigenvalue weighted by molar-refractivity contribution is 0.430. The summed E-state index contributed by atoms with van der Waals surface area (Å²) in [5.74, 6) is -0.0879. The second kappa shape index (κ2) is 3.67. The van der Waals surface area contributed by atoms with Crippen LogP contribution in [0.2, 0.25) is 5.28 Å². The fourth-order valence-corrected chi connectivity index (χ4v) is 1.44. The Morgan fingerprint density at radius 1 is 1.43 bits per heavy atom. The molecule has 0 radical (unpaired) electrons. The van der Waals surface area contributed by atoms with Gasteiger partial charge >= 0.3 is 0 Å². The quantitative estimate of drug-likeness (QED) is 0.803. The van der Waals surface area contributed by atoms with Crippen molar-refractivity contribution in [3.63, 3.8) is 0 Å². The molecule has 0 aliphatic heterocycles. The van der Waals surface area contributed by atoms with Crippen molar-refractivity contribution in [1.82, 2.24) is 10.1 Å². The van der Waals surface area contributed by atoms with Crippen LogP contribution in [0.5, 0.6) is 0 Å². The van der Waals surface area contributed by atoms with Gasteiger partial charge in [0.2, 0.25) is 0 Å². The van der Waals surface area contributed by atoms with Crippen LogP contribution in [0.1, 0.15) is 0 Å². The minimum Gasteiger partial charge on any atom is -0.333 e. The summed E-state index contributed by atoms with van der Waals surface area (Å²) in [4.78, 5) is 3.80. The summed E-state index contributed by atoms with van der Waals surface area (Å²) in [6.07, 6.45) is 0. The smallest absolute Gasteiger partial charge is 0.264 e. The van der Waals surface area contributed by atoms with E-state index in [9.17, 15) is 4.39 Å². The van der Waals surface area contributed by atoms with E-state index in [1.54, 1.807) is 6.07 Å². The number of aromatic nitrogens is 2. The molecule has 0 unspecified atom stereocenters. The number of nitrogens with zero attached hydrogens (tertiary/aromatic N) is 2. The Balaban J connectivity index is 2.47. The molecule has 0 aliphatic carbocycles. The van der Waals surface area contributed by atoms with Crippen LogP contribution in [0.4, 0.5) is 4.39 Å². The molecule has 6 heteroatoms. The molecule has 0 N–H and O–H groups in total. The standard InChI is InChI=1S/C8H3BrClFN2O/c9-5-3-4(1-2-6(5)11)7-12-8(10)13-14-7/h1-3H. The summed E-state index contributed by atoms with van der Waals surface area (Å²) in [7, 11) is 0. The Morgan fingerprint density at radius 2 is 2.21 bits per heavy atom. The molecule has 1 aromatic carbocycles. The molecule has 0 saturated heterocycles. The molecule has 14 heavy (non-hydrogen) atoms. The molecule has 2 rings (SSSR count). The molecule has 1 heterocycles. The van der Waals surface area contributed by atoms with E-state index in [0.717, 1.165) is 0 Å². The van der Waals surface area contributed by atoms with Gasteiger partial charge in [0.15, 0.2) is 0 Å². The van der Waals surface area contributed by atoms with Crippen molar-refractivity contribution in [2.75, 3.05) is 0 Å². The third-order valence-corrected chi connectivity index (χ3v) is 2.33. The van der Waals surface area contributed by atoms with Crippen LogP contribution in [0.25, 0.3) is 11.5 Å². The maximum absolute atomic E-state index is 12.9. The second-order valence-corrected chi connectivity index (χ2v) is 3.69. The van der Waals surface area contributed by atoms with E-state index in [2.05, 4.69) is 26.1 Å². The molecule has 0 amide bonds. The average molecular weight is 277 g/mol. The van der Waals surface area contributed by atoms with Gasteiger partial charge in [-0.1, -0.05) is 0 Å². The number of rotatable bonds is 1. The van der Waals surface area contributed by atoms with Crippen molar-refractivity contribution in [3.8, 4) is 11.5 Å². The van der Waals surface area contributed by atoms with Crippen molar-refractivity contribution in [2.24, 2.45) is 0 Å². The Kier molecular flexibility index (Phi) is 2.52. The third kappa shape index (κ3) is 1.78. The highest BCUT2D eigenvalue weighted by atomic mass is 79.9. The molecule has 3 nitrogen and oxygen atoms in total. The van der Waals surface area contributed by atoms with Crippen molar-refractivity contribution in [2.45, 2.75) is 0 Å². The fraction of sp³-hybridized carbons (Fsp3) is 0. The zero-order valence-corrected chi connectivity index (χ0v) is 9.01. The molecule has 0 atom stereocenters. The molecular weight excluding hydrogens is 274 g/mol. The van der Waals surface area contributed by atoms with Crippen LogP contribution in [0, 0.1) is 5.82 Å². The average Bonchev–Trinajstić information content (AvgIpc) is 2.57. The predicted octanol–water partition coefficient (Wildman–Crippen LogP) is 3.29. The molecule has 0 saturated carbocycles.